The first-order valence-corrected chi connectivity index (χ1v) is 21.0. The molecular formula is C47H44O22. The molecule has 6 aromatic rings. The zero-order valence-corrected chi connectivity index (χ0v) is 36.3. The summed E-state index contributed by atoms with van der Waals surface area (Å²) in [7, 11) is 2.98. The normalized spacial score (nSPS) is 24.6. The van der Waals surface area contributed by atoms with E-state index in [1.807, 2.05) is 0 Å². The maximum atomic E-state index is 13.0. The molecule has 364 valence electrons. The lowest BCUT2D eigenvalue weighted by molar-refractivity contribution is -0.279. The maximum Gasteiger partial charge on any atom is 0.317 e. The zero-order chi connectivity index (χ0) is 49.3. The van der Waals surface area contributed by atoms with Gasteiger partial charge in [-0.25, -0.2) is 0 Å². The summed E-state index contributed by atoms with van der Waals surface area (Å²) in [6, 6.07) is 20.1. The third-order valence-electron chi connectivity index (χ3n) is 11.3. The maximum absolute atomic E-state index is 13.0. The molecular weight excluding hydrogens is 916 g/mol. The van der Waals surface area contributed by atoms with E-state index in [1.54, 1.807) is 48.5 Å². The predicted octanol–water partition coefficient (Wildman–Crippen LogP) is 1.21. The SMILES string of the molecule is COc1ccc(-c2cc(=O)c3c(O)cc(O[C@@H]4O[C@H](COC(=O)CC(=O)OC[C@H]5O[C@@H](Oc6cc(O)c7c(=O)cc(-c8ccc(OC)cc8)oc7c6)[C@H](O)[C@H](O)[C@@H]5O)[C@@H](O)[C@@H](O)[C@H]4O)cc3o2)cc1. The van der Waals surface area contributed by atoms with E-state index in [-0.39, 0.29) is 45.0 Å². The summed E-state index contributed by atoms with van der Waals surface area (Å²) in [6.45, 7) is -1.58. The molecule has 8 N–H and O–H groups in total. The van der Waals surface area contributed by atoms with Gasteiger partial charge in [-0.15, -0.1) is 0 Å². The molecule has 0 aliphatic carbocycles. The molecule has 10 atom stereocenters. The number of carbonyl (C=O) groups excluding carboxylic acids is 2. The van der Waals surface area contributed by atoms with Crippen LogP contribution in [0.15, 0.2) is 103 Å². The van der Waals surface area contributed by atoms with Crippen molar-refractivity contribution in [3.8, 4) is 57.1 Å². The molecule has 22 nitrogen and oxygen atoms in total. The number of hydrogen-bond donors (Lipinski definition) is 8. The molecule has 2 fully saturated rings. The van der Waals surface area contributed by atoms with Gasteiger partial charge in [0.15, 0.2) is 10.9 Å². The van der Waals surface area contributed by atoms with E-state index in [4.69, 9.17) is 46.7 Å². The molecule has 2 aliphatic rings. The Kier molecular flexibility index (Phi) is 14.1. The van der Waals surface area contributed by atoms with Crippen LogP contribution >= 0.6 is 0 Å². The van der Waals surface area contributed by atoms with Crippen molar-refractivity contribution in [1.82, 2.24) is 0 Å². The summed E-state index contributed by atoms with van der Waals surface area (Å²) < 4.78 is 54.9. The fourth-order valence-electron chi connectivity index (χ4n) is 7.56. The largest absolute Gasteiger partial charge is 0.507 e. The van der Waals surface area contributed by atoms with Gasteiger partial charge in [0.25, 0.3) is 0 Å². The van der Waals surface area contributed by atoms with Crippen LogP contribution in [0.1, 0.15) is 6.42 Å². The fraction of sp³-hybridized carbons (Fsp3) is 0.319. The number of fused-ring (bicyclic) bond motifs is 2. The Bertz CT molecular complexity index is 2750. The van der Waals surface area contributed by atoms with E-state index >= 15 is 0 Å². The van der Waals surface area contributed by atoms with E-state index in [0.717, 1.165) is 12.1 Å². The summed E-state index contributed by atoms with van der Waals surface area (Å²) in [4.78, 5) is 51.3. The van der Waals surface area contributed by atoms with Crippen molar-refractivity contribution in [2.24, 2.45) is 0 Å². The van der Waals surface area contributed by atoms with Crippen LogP contribution in [-0.2, 0) is 28.5 Å². The Balaban J connectivity index is 0.864. The Hall–Kier alpha value is -7.28. The highest BCUT2D eigenvalue weighted by molar-refractivity contribution is 5.91. The van der Waals surface area contributed by atoms with Gasteiger partial charge in [-0.2, -0.15) is 0 Å². The topological polar surface area (TPSA) is 330 Å². The highest BCUT2D eigenvalue weighted by atomic mass is 16.7. The first kappa shape index (κ1) is 48.2. The van der Waals surface area contributed by atoms with E-state index in [2.05, 4.69) is 0 Å². The summed E-state index contributed by atoms with van der Waals surface area (Å²) in [5.74, 6) is -2.52. The summed E-state index contributed by atoms with van der Waals surface area (Å²) >= 11 is 0. The Morgan fingerprint density at radius 2 is 0.884 bits per heavy atom. The first-order valence-electron chi connectivity index (χ1n) is 21.0. The van der Waals surface area contributed by atoms with Gasteiger partial charge in [0.2, 0.25) is 12.6 Å². The van der Waals surface area contributed by atoms with Crippen molar-refractivity contribution in [3.63, 3.8) is 0 Å². The lowest BCUT2D eigenvalue weighted by atomic mass is 9.99. The summed E-state index contributed by atoms with van der Waals surface area (Å²) in [5, 5.41) is 85.0. The summed E-state index contributed by atoms with van der Waals surface area (Å²) in [6.07, 6.45) is -18.9. The van der Waals surface area contributed by atoms with E-state index < -0.39 is 115 Å². The molecule has 0 amide bonds. The molecule has 2 saturated heterocycles. The van der Waals surface area contributed by atoms with Crippen molar-refractivity contribution >= 4 is 33.9 Å². The van der Waals surface area contributed by atoms with Crippen LogP contribution in [-0.4, -0.2) is 142 Å². The number of methoxy groups -OCH3 is 2. The van der Waals surface area contributed by atoms with Crippen LogP contribution in [0.25, 0.3) is 44.6 Å². The zero-order valence-electron chi connectivity index (χ0n) is 36.3. The Labute approximate surface area is 388 Å². The highest BCUT2D eigenvalue weighted by Gasteiger charge is 2.47. The molecule has 69 heavy (non-hydrogen) atoms. The van der Waals surface area contributed by atoms with Gasteiger partial charge >= 0.3 is 11.9 Å². The number of carbonyl (C=O) groups is 2. The number of aliphatic hydroxyl groups is 6. The van der Waals surface area contributed by atoms with E-state index in [9.17, 15) is 60.0 Å². The highest BCUT2D eigenvalue weighted by Crippen LogP contribution is 2.36. The number of aliphatic hydroxyl groups excluding tert-OH is 6. The van der Waals surface area contributed by atoms with Crippen LogP contribution in [0.2, 0.25) is 0 Å². The van der Waals surface area contributed by atoms with Gasteiger partial charge in [-0.05, 0) is 48.5 Å². The van der Waals surface area contributed by atoms with Gasteiger partial charge in [-0.3, -0.25) is 19.2 Å². The average molecular weight is 961 g/mol. The molecule has 22 heteroatoms. The third-order valence-corrected chi connectivity index (χ3v) is 11.3. The number of aromatic hydroxyl groups is 2. The Morgan fingerprint density at radius 1 is 0.507 bits per heavy atom. The van der Waals surface area contributed by atoms with Gasteiger partial charge in [0.05, 0.1) is 14.2 Å². The third kappa shape index (κ3) is 10.3. The van der Waals surface area contributed by atoms with Crippen molar-refractivity contribution in [2.45, 2.75) is 67.8 Å². The second-order valence-electron chi connectivity index (χ2n) is 15.8. The van der Waals surface area contributed by atoms with Gasteiger partial charge in [-0.1, -0.05) is 0 Å². The number of rotatable bonds is 14. The average Bonchev–Trinajstić information content (AvgIpc) is 3.33. The standard InChI is InChI=1S/C47H44O22/c1-60-22-7-3-20(4-8-22)30-15-28(50)38-26(48)11-24(13-32(38)66-30)64-46-44(58)42(56)40(54)34(68-46)18-62-36(52)17-37(53)63-19-35-41(55)43(57)45(59)47(69-35)65-25-12-27(49)39-29(51)16-31(67-33(39)14-25)21-5-9-23(61-2)10-6-21/h3-16,34-35,40-49,54-59H,17-19H2,1-2H3/t34-,35-,40-,41-,42-,43-,44-,45-,46-,47-/m1/s1. The minimum absolute atomic E-state index is 0.113. The lowest BCUT2D eigenvalue weighted by Crippen LogP contribution is -2.60. The Morgan fingerprint density at radius 3 is 1.25 bits per heavy atom. The molecule has 4 aromatic carbocycles. The summed E-state index contributed by atoms with van der Waals surface area (Å²) in [5.41, 5.74) is -0.373. The predicted molar refractivity (Wildman–Crippen MR) is 233 cm³/mol. The van der Waals surface area contributed by atoms with Gasteiger partial charge < -0.3 is 87.6 Å². The van der Waals surface area contributed by atoms with Crippen LogP contribution < -0.4 is 29.8 Å². The van der Waals surface area contributed by atoms with E-state index in [1.165, 1.54) is 38.5 Å². The van der Waals surface area contributed by atoms with E-state index in [0.29, 0.717) is 22.6 Å². The van der Waals surface area contributed by atoms with Crippen LogP contribution in [0.5, 0.6) is 34.5 Å². The molecule has 2 aliphatic heterocycles. The monoisotopic (exact) mass is 960 g/mol. The quantitative estimate of drug-likeness (QED) is 0.0562. The van der Waals surface area contributed by atoms with Crippen molar-refractivity contribution in [2.75, 3.05) is 27.4 Å². The molecule has 8 rings (SSSR count). The second-order valence-corrected chi connectivity index (χ2v) is 15.8. The number of phenolic OH excluding ortho intramolecular Hbond substituents is 2. The van der Waals surface area contributed by atoms with Crippen LogP contribution in [0.4, 0.5) is 0 Å². The minimum atomic E-state index is -1.92. The van der Waals surface area contributed by atoms with Crippen LogP contribution in [0, 0.1) is 0 Å². The molecule has 4 heterocycles. The van der Waals surface area contributed by atoms with Gasteiger partial charge in [0.1, 0.15) is 136 Å². The molecule has 2 aromatic heterocycles. The minimum Gasteiger partial charge on any atom is -0.507 e. The van der Waals surface area contributed by atoms with Crippen molar-refractivity contribution in [1.29, 1.82) is 0 Å². The fourth-order valence-corrected chi connectivity index (χ4v) is 7.56. The molecule has 0 saturated carbocycles. The van der Waals surface area contributed by atoms with Gasteiger partial charge in [0, 0.05) is 47.5 Å². The number of phenols is 2. The molecule has 0 spiro atoms. The van der Waals surface area contributed by atoms with Crippen LogP contribution in [0.3, 0.4) is 0 Å². The second kappa shape index (κ2) is 20.1. The smallest absolute Gasteiger partial charge is 0.317 e. The molecule has 0 radical (unpaired) electrons. The lowest BCUT2D eigenvalue weighted by Gasteiger charge is -2.40. The number of hydrogen-bond acceptors (Lipinski definition) is 22. The molecule has 0 bridgehead atoms. The van der Waals surface area contributed by atoms with Crippen molar-refractivity contribution in [3.05, 3.63) is 105 Å². The number of ether oxygens (including phenoxy) is 8. The number of benzene rings is 4. The molecule has 0 unspecified atom stereocenters. The van der Waals surface area contributed by atoms with Crippen molar-refractivity contribution < 1.29 is 97.2 Å². The number of esters is 2. The first-order chi connectivity index (χ1) is 33.0.